The molecule has 0 aromatic carbocycles. The first-order valence-corrected chi connectivity index (χ1v) is 5.76. The molecule has 10 heteroatoms. The minimum Gasteiger partial charge on any atom is -0.493 e. The third kappa shape index (κ3) is 2.16. The van der Waals surface area contributed by atoms with E-state index in [1.54, 1.807) is 9.97 Å². The number of aromatic amines is 2. The average Bonchev–Trinajstić information content (AvgIpc) is 2.00. The molecule has 0 bridgehead atoms. The fourth-order valence-electron chi connectivity index (χ4n) is 0.816. The monoisotopic (exact) mass is 274 g/mol. The van der Waals surface area contributed by atoms with E-state index in [1.165, 1.54) is 0 Å². The maximum Gasteiger partial charge on any atom is 0.328 e. The largest absolute Gasteiger partial charge is 0.493 e. The minimum absolute atomic E-state index is 1.04. The van der Waals surface area contributed by atoms with Crippen molar-refractivity contribution >= 4 is 33.0 Å². The number of halogens is 2. The zero-order valence-electron chi connectivity index (χ0n) is 6.82. The van der Waals surface area contributed by atoms with Gasteiger partial charge in [-0.3, -0.25) is 14.8 Å². The Morgan fingerprint density at radius 2 is 1.73 bits per heavy atom. The summed E-state index contributed by atoms with van der Waals surface area (Å²) in [6.07, 6.45) is 0. The fraction of sp³-hybridized carbons (Fsp3) is 0.200. The molecule has 0 fully saturated rings. The van der Waals surface area contributed by atoms with Gasteiger partial charge in [0.1, 0.15) is 0 Å². The number of hydrogen-bond donors (Lipinski definition) is 3. The van der Waals surface area contributed by atoms with E-state index in [0.717, 1.165) is 0 Å². The number of aromatic hydroxyl groups is 1. The second-order valence-electron chi connectivity index (χ2n) is 2.39. The molecule has 1 aromatic heterocycles. The predicted molar refractivity (Wildman–Crippen MR) is 52.0 cm³/mol. The Labute approximate surface area is 92.6 Å². The maximum atomic E-state index is 11.3. The molecule has 0 saturated heterocycles. The SMILES string of the molecule is O=c1[nH]c(O)c(S(=O)(=O)C(Cl)Cl)c(=O)[nH]1. The Bertz CT molecular complexity index is 586. The highest BCUT2D eigenvalue weighted by atomic mass is 35.5. The van der Waals surface area contributed by atoms with Gasteiger partial charge in [-0.25, -0.2) is 13.2 Å². The summed E-state index contributed by atoms with van der Waals surface area (Å²) in [4.78, 5) is 23.9. The Morgan fingerprint density at radius 1 is 1.20 bits per heavy atom. The topological polar surface area (TPSA) is 120 Å². The van der Waals surface area contributed by atoms with E-state index in [1.807, 2.05) is 0 Å². The highest BCUT2D eigenvalue weighted by molar-refractivity contribution is 7.94. The summed E-state index contributed by atoms with van der Waals surface area (Å²) in [6.45, 7) is 0. The van der Waals surface area contributed by atoms with Gasteiger partial charge in [0.15, 0.2) is 4.90 Å². The molecule has 0 spiro atoms. The van der Waals surface area contributed by atoms with Crippen LogP contribution in [0.2, 0.25) is 0 Å². The molecule has 84 valence electrons. The van der Waals surface area contributed by atoms with Crippen LogP contribution in [0.25, 0.3) is 0 Å². The number of alkyl halides is 2. The van der Waals surface area contributed by atoms with E-state index < -0.39 is 36.0 Å². The normalized spacial score (nSPS) is 11.9. The van der Waals surface area contributed by atoms with Crippen LogP contribution in [0.3, 0.4) is 0 Å². The number of aromatic nitrogens is 2. The Hall–Kier alpha value is -0.990. The molecule has 1 heterocycles. The van der Waals surface area contributed by atoms with Crippen molar-refractivity contribution in [3.8, 4) is 5.88 Å². The molecule has 0 saturated carbocycles. The van der Waals surface area contributed by atoms with Crippen LogP contribution in [-0.4, -0.2) is 27.7 Å². The minimum atomic E-state index is -4.39. The summed E-state index contributed by atoms with van der Waals surface area (Å²) in [5, 5.41) is 9.08. The molecule has 1 rings (SSSR count). The Balaban J connectivity index is 3.68. The van der Waals surface area contributed by atoms with Crippen LogP contribution < -0.4 is 11.2 Å². The first kappa shape index (κ1) is 12.1. The summed E-state index contributed by atoms with van der Waals surface area (Å²) in [5.74, 6) is -1.10. The van der Waals surface area contributed by atoms with Gasteiger partial charge in [-0.05, 0) is 0 Å². The van der Waals surface area contributed by atoms with E-state index in [0.29, 0.717) is 0 Å². The van der Waals surface area contributed by atoms with Gasteiger partial charge in [-0.1, -0.05) is 23.2 Å². The molecule has 1 aromatic rings. The number of H-pyrrole nitrogens is 2. The van der Waals surface area contributed by atoms with E-state index in [2.05, 4.69) is 0 Å². The summed E-state index contributed by atoms with van der Waals surface area (Å²) in [5.41, 5.74) is -2.33. The average molecular weight is 275 g/mol. The zero-order chi connectivity index (χ0) is 11.8. The maximum absolute atomic E-state index is 11.3. The van der Waals surface area contributed by atoms with E-state index in [-0.39, 0.29) is 0 Å². The van der Waals surface area contributed by atoms with E-state index in [9.17, 15) is 18.0 Å². The van der Waals surface area contributed by atoms with Crippen LogP contribution >= 0.6 is 23.2 Å². The fourth-order valence-corrected chi connectivity index (χ4v) is 2.16. The lowest BCUT2D eigenvalue weighted by Crippen LogP contribution is -2.29. The number of hydrogen-bond acceptors (Lipinski definition) is 5. The van der Waals surface area contributed by atoms with Gasteiger partial charge in [0.2, 0.25) is 19.9 Å². The zero-order valence-corrected chi connectivity index (χ0v) is 9.15. The van der Waals surface area contributed by atoms with Crippen molar-refractivity contribution in [3.05, 3.63) is 20.8 Å². The van der Waals surface area contributed by atoms with E-state index in [4.69, 9.17) is 28.3 Å². The molecular formula is C5H4Cl2N2O5S. The van der Waals surface area contributed by atoms with E-state index >= 15 is 0 Å². The van der Waals surface area contributed by atoms with Crippen molar-refractivity contribution in [2.75, 3.05) is 0 Å². The lowest BCUT2D eigenvalue weighted by Gasteiger charge is -2.04. The van der Waals surface area contributed by atoms with Crippen molar-refractivity contribution in [1.82, 2.24) is 9.97 Å². The summed E-state index contributed by atoms with van der Waals surface area (Å²) < 4.78 is 20.7. The van der Waals surface area contributed by atoms with Crippen molar-refractivity contribution in [3.63, 3.8) is 0 Å². The van der Waals surface area contributed by atoms with Gasteiger partial charge >= 0.3 is 5.69 Å². The molecule has 0 unspecified atom stereocenters. The molecule has 0 amide bonds. The smallest absolute Gasteiger partial charge is 0.328 e. The Morgan fingerprint density at radius 3 is 2.13 bits per heavy atom. The van der Waals surface area contributed by atoms with Crippen LogP contribution in [0.15, 0.2) is 14.5 Å². The first-order valence-electron chi connectivity index (χ1n) is 3.34. The highest BCUT2D eigenvalue weighted by Gasteiger charge is 2.30. The van der Waals surface area contributed by atoms with Crippen molar-refractivity contribution in [1.29, 1.82) is 0 Å². The Kier molecular flexibility index (Phi) is 3.12. The number of sulfone groups is 1. The van der Waals surface area contributed by atoms with Crippen molar-refractivity contribution in [2.24, 2.45) is 0 Å². The van der Waals surface area contributed by atoms with Crippen LogP contribution in [0, 0.1) is 0 Å². The summed E-state index contributed by atoms with van der Waals surface area (Å²) in [7, 11) is -4.39. The van der Waals surface area contributed by atoms with Crippen molar-refractivity contribution in [2.45, 2.75) is 9.06 Å². The number of nitrogens with one attached hydrogen (secondary N) is 2. The quantitative estimate of drug-likeness (QED) is 0.616. The third-order valence-corrected chi connectivity index (χ3v) is 4.22. The highest BCUT2D eigenvalue weighted by Crippen LogP contribution is 2.23. The first-order chi connectivity index (χ1) is 6.76. The lowest BCUT2D eigenvalue weighted by atomic mass is 10.6. The molecule has 0 aliphatic carbocycles. The molecule has 15 heavy (non-hydrogen) atoms. The van der Waals surface area contributed by atoms with Crippen LogP contribution in [0.1, 0.15) is 0 Å². The molecule has 0 aliphatic heterocycles. The predicted octanol–water partition coefficient (Wildman–Crippen LogP) is -0.696. The van der Waals surface area contributed by atoms with Gasteiger partial charge in [0, 0.05) is 0 Å². The van der Waals surface area contributed by atoms with Gasteiger partial charge < -0.3 is 5.11 Å². The second kappa shape index (κ2) is 3.87. The van der Waals surface area contributed by atoms with Gasteiger partial charge in [0.05, 0.1) is 0 Å². The molecule has 0 atom stereocenters. The van der Waals surface area contributed by atoms with Gasteiger partial charge in [0.25, 0.3) is 5.56 Å². The van der Waals surface area contributed by atoms with Crippen molar-refractivity contribution < 1.29 is 13.5 Å². The molecule has 3 N–H and O–H groups in total. The number of rotatable bonds is 2. The van der Waals surface area contributed by atoms with Crippen LogP contribution in [0.5, 0.6) is 5.88 Å². The molecule has 0 aliphatic rings. The summed E-state index contributed by atoms with van der Waals surface area (Å²) in [6, 6.07) is 0. The summed E-state index contributed by atoms with van der Waals surface area (Å²) >= 11 is 10.2. The second-order valence-corrected chi connectivity index (χ2v) is 5.98. The molecular weight excluding hydrogens is 271 g/mol. The van der Waals surface area contributed by atoms with Gasteiger partial charge in [-0.15, -0.1) is 0 Å². The van der Waals surface area contributed by atoms with Gasteiger partial charge in [-0.2, -0.15) is 0 Å². The molecule has 0 radical (unpaired) electrons. The lowest BCUT2D eigenvalue weighted by molar-refractivity contribution is 0.429. The third-order valence-electron chi connectivity index (χ3n) is 1.40. The van der Waals surface area contributed by atoms with Crippen LogP contribution in [0.4, 0.5) is 0 Å². The molecule has 7 nitrogen and oxygen atoms in total. The standard InChI is InChI=1S/C5H4Cl2N2O5S/c6-4(7)15(13,14)1-2(10)8-5(12)9-3(1)11/h4H,(H3,8,9,10,11,12). The van der Waals surface area contributed by atoms with Crippen LogP contribution in [-0.2, 0) is 9.84 Å².